The van der Waals surface area contributed by atoms with E-state index in [1.807, 2.05) is 22.8 Å². The number of likely N-dealkylation sites (tertiary alicyclic amines) is 2. The number of aryl methyl sites for hydroxylation is 1. The summed E-state index contributed by atoms with van der Waals surface area (Å²) in [6.45, 7) is 8.78. The normalized spacial score (nSPS) is 19.7. The molecule has 2 aromatic rings. The van der Waals surface area contributed by atoms with Crippen LogP contribution < -0.4 is 5.32 Å². The third-order valence-electron chi connectivity index (χ3n) is 8.03. The number of aromatic nitrogens is 2. The van der Waals surface area contributed by atoms with E-state index in [2.05, 4.69) is 44.5 Å². The highest BCUT2D eigenvalue weighted by molar-refractivity contribution is 5.93. The van der Waals surface area contributed by atoms with Crippen molar-refractivity contribution in [1.82, 2.24) is 24.7 Å². The second-order valence-corrected chi connectivity index (χ2v) is 10.3. The van der Waals surface area contributed by atoms with Crippen LogP contribution in [0.5, 0.6) is 0 Å². The van der Waals surface area contributed by atoms with Crippen molar-refractivity contribution in [3.05, 3.63) is 53.0 Å². The van der Waals surface area contributed by atoms with Gasteiger partial charge in [-0.2, -0.15) is 0 Å². The van der Waals surface area contributed by atoms with Crippen LogP contribution in [0.4, 0.5) is 5.82 Å². The zero-order valence-electron chi connectivity index (χ0n) is 21.6. The van der Waals surface area contributed by atoms with Crippen LogP contribution in [0, 0.1) is 0 Å². The SMILES string of the molecule is CCc1nc(NC2CCN(C(C)=O)CC2)cc(C(=O)N2CCC(N3CCc4ccccc4C3)CC2)n1. The van der Waals surface area contributed by atoms with Crippen molar-refractivity contribution in [2.75, 3.05) is 38.0 Å². The van der Waals surface area contributed by atoms with E-state index in [4.69, 9.17) is 0 Å². The molecule has 0 bridgehead atoms. The summed E-state index contributed by atoms with van der Waals surface area (Å²) in [6.07, 6.45) is 5.54. The number of nitrogens with zero attached hydrogens (tertiary/aromatic N) is 5. The quantitative estimate of drug-likeness (QED) is 0.694. The predicted octanol–water partition coefficient (Wildman–Crippen LogP) is 3.12. The van der Waals surface area contributed by atoms with Gasteiger partial charge in [-0.05, 0) is 43.2 Å². The Bertz CT molecular complexity index is 1090. The van der Waals surface area contributed by atoms with E-state index in [9.17, 15) is 9.59 Å². The molecule has 0 spiro atoms. The second-order valence-electron chi connectivity index (χ2n) is 10.3. The van der Waals surface area contributed by atoms with E-state index >= 15 is 0 Å². The highest BCUT2D eigenvalue weighted by Gasteiger charge is 2.30. The van der Waals surface area contributed by atoms with Gasteiger partial charge < -0.3 is 15.1 Å². The number of hydrogen-bond acceptors (Lipinski definition) is 6. The van der Waals surface area contributed by atoms with Crippen LogP contribution in [-0.4, -0.2) is 81.3 Å². The Hall–Kier alpha value is -3.00. The first-order chi connectivity index (χ1) is 17.5. The maximum Gasteiger partial charge on any atom is 0.272 e. The number of benzene rings is 1. The fourth-order valence-corrected chi connectivity index (χ4v) is 5.81. The van der Waals surface area contributed by atoms with Crippen molar-refractivity contribution in [3.8, 4) is 0 Å². The Balaban J connectivity index is 1.19. The van der Waals surface area contributed by atoms with E-state index in [-0.39, 0.29) is 17.9 Å². The Morgan fingerprint density at radius 1 is 0.944 bits per heavy atom. The molecule has 8 heteroatoms. The summed E-state index contributed by atoms with van der Waals surface area (Å²) in [5.41, 5.74) is 3.41. The summed E-state index contributed by atoms with van der Waals surface area (Å²) in [6, 6.07) is 11.3. The van der Waals surface area contributed by atoms with Crippen molar-refractivity contribution in [2.45, 2.75) is 71.0 Å². The van der Waals surface area contributed by atoms with Gasteiger partial charge in [0, 0.05) is 70.8 Å². The molecule has 0 saturated carbocycles. The molecule has 1 aromatic carbocycles. The minimum absolute atomic E-state index is 0.00369. The monoisotopic (exact) mass is 490 g/mol. The molecule has 2 saturated heterocycles. The molecule has 8 nitrogen and oxygen atoms in total. The summed E-state index contributed by atoms with van der Waals surface area (Å²) in [5, 5.41) is 3.50. The predicted molar refractivity (Wildman–Crippen MR) is 140 cm³/mol. The van der Waals surface area contributed by atoms with E-state index in [1.54, 1.807) is 6.92 Å². The van der Waals surface area contributed by atoms with Gasteiger partial charge in [0.05, 0.1) is 0 Å². The Morgan fingerprint density at radius 3 is 2.33 bits per heavy atom. The number of anilines is 1. The second kappa shape index (κ2) is 10.9. The van der Waals surface area contributed by atoms with Gasteiger partial charge in [0.2, 0.25) is 5.91 Å². The van der Waals surface area contributed by atoms with Crippen LogP contribution >= 0.6 is 0 Å². The van der Waals surface area contributed by atoms with Crippen molar-refractivity contribution >= 4 is 17.6 Å². The molecule has 192 valence electrons. The number of nitrogens with one attached hydrogen (secondary N) is 1. The number of fused-ring (bicyclic) bond motifs is 1. The Labute approximate surface area is 214 Å². The molecule has 0 unspecified atom stereocenters. The minimum Gasteiger partial charge on any atom is -0.367 e. The smallest absolute Gasteiger partial charge is 0.272 e. The lowest BCUT2D eigenvalue weighted by Crippen LogP contribution is -2.48. The molecule has 1 aromatic heterocycles. The van der Waals surface area contributed by atoms with Crippen LogP contribution in [0.2, 0.25) is 0 Å². The number of hydrogen-bond donors (Lipinski definition) is 1. The van der Waals surface area contributed by atoms with Crippen LogP contribution in [0.15, 0.2) is 30.3 Å². The molecule has 2 fully saturated rings. The Kier molecular flexibility index (Phi) is 7.51. The van der Waals surface area contributed by atoms with Gasteiger partial charge in [0.15, 0.2) is 0 Å². The standard InChI is InChI=1S/C28H38N6O2/c1-3-26-30-25(18-27(31-26)29-23-9-14-32(15-10-23)20(2)35)28(36)33-16-11-24(12-17-33)34-13-8-21-6-4-5-7-22(21)19-34/h4-7,18,23-24H,3,8-17,19H2,1-2H3,(H,29,30,31). The molecule has 2 amide bonds. The van der Waals surface area contributed by atoms with Crippen LogP contribution in [0.25, 0.3) is 0 Å². The largest absolute Gasteiger partial charge is 0.367 e. The molecule has 36 heavy (non-hydrogen) atoms. The van der Waals surface area contributed by atoms with Crippen molar-refractivity contribution < 1.29 is 9.59 Å². The van der Waals surface area contributed by atoms with Crippen molar-refractivity contribution in [3.63, 3.8) is 0 Å². The molecule has 0 radical (unpaired) electrons. The molecule has 4 heterocycles. The molecule has 0 atom stereocenters. The number of carbonyl (C=O) groups excluding carboxylic acids is 2. The summed E-state index contributed by atoms with van der Waals surface area (Å²) >= 11 is 0. The maximum absolute atomic E-state index is 13.4. The number of carbonyl (C=O) groups is 2. The fourth-order valence-electron chi connectivity index (χ4n) is 5.81. The minimum atomic E-state index is 0.00369. The molecule has 0 aliphatic carbocycles. The van der Waals surface area contributed by atoms with Crippen LogP contribution in [-0.2, 0) is 24.2 Å². The van der Waals surface area contributed by atoms with Crippen LogP contribution in [0.3, 0.4) is 0 Å². The average Bonchev–Trinajstić information content (AvgIpc) is 2.92. The van der Waals surface area contributed by atoms with Gasteiger partial charge in [-0.1, -0.05) is 31.2 Å². The number of rotatable bonds is 5. The number of piperidine rings is 2. The summed E-state index contributed by atoms with van der Waals surface area (Å²) in [5.74, 6) is 1.54. The molecule has 5 rings (SSSR count). The summed E-state index contributed by atoms with van der Waals surface area (Å²) in [4.78, 5) is 40.7. The fraction of sp³-hybridized carbons (Fsp3) is 0.571. The van der Waals surface area contributed by atoms with E-state index in [0.717, 1.165) is 71.4 Å². The van der Waals surface area contributed by atoms with Gasteiger partial charge in [-0.25, -0.2) is 9.97 Å². The zero-order chi connectivity index (χ0) is 25.1. The molecule has 3 aliphatic rings. The lowest BCUT2D eigenvalue weighted by molar-refractivity contribution is -0.129. The maximum atomic E-state index is 13.4. The third-order valence-corrected chi connectivity index (χ3v) is 8.03. The zero-order valence-corrected chi connectivity index (χ0v) is 21.6. The third kappa shape index (κ3) is 5.53. The highest BCUT2D eigenvalue weighted by Crippen LogP contribution is 2.26. The topological polar surface area (TPSA) is 81.7 Å². The first kappa shape index (κ1) is 24.7. The average molecular weight is 491 g/mol. The molecular weight excluding hydrogens is 452 g/mol. The first-order valence-corrected chi connectivity index (χ1v) is 13.5. The molecule has 1 N–H and O–H groups in total. The van der Waals surface area contributed by atoms with Crippen molar-refractivity contribution in [1.29, 1.82) is 0 Å². The van der Waals surface area contributed by atoms with Gasteiger partial charge in [0.1, 0.15) is 17.3 Å². The van der Waals surface area contributed by atoms with Gasteiger partial charge in [0.25, 0.3) is 5.91 Å². The van der Waals surface area contributed by atoms with E-state index in [1.165, 1.54) is 11.1 Å². The van der Waals surface area contributed by atoms with Crippen molar-refractivity contribution in [2.24, 2.45) is 0 Å². The number of amides is 2. The highest BCUT2D eigenvalue weighted by atomic mass is 16.2. The lowest BCUT2D eigenvalue weighted by atomic mass is 9.95. The summed E-state index contributed by atoms with van der Waals surface area (Å²) < 4.78 is 0. The Morgan fingerprint density at radius 2 is 1.64 bits per heavy atom. The van der Waals surface area contributed by atoms with Gasteiger partial charge in [-0.15, -0.1) is 0 Å². The first-order valence-electron chi connectivity index (χ1n) is 13.5. The van der Waals surface area contributed by atoms with E-state index < -0.39 is 0 Å². The van der Waals surface area contributed by atoms with Crippen LogP contribution in [0.1, 0.15) is 67.0 Å². The summed E-state index contributed by atoms with van der Waals surface area (Å²) in [7, 11) is 0. The van der Waals surface area contributed by atoms with Gasteiger partial charge >= 0.3 is 0 Å². The van der Waals surface area contributed by atoms with Gasteiger partial charge in [-0.3, -0.25) is 14.5 Å². The van der Waals surface area contributed by atoms with E-state index in [0.29, 0.717) is 29.8 Å². The lowest BCUT2D eigenvalue weighted by Gasteiger charge is -2.40. The molecular formula is C28H38N6O2. The molecule has 3 aliphatic heterocycles.